The van der Waals surface area contributed by atoms with Gasteiger partial charge in [-0.25, -0.2) is 8.42 Å². The van der Waals surface area contributed by atoms with Gasteiger partial charge in [-0.05, 0) is 17.7 Å². The summed E-state index contributed by atoms with van der Waals surface area (Å²) in [7, 11) is -3.79. The number of benzene rings is 2. The lowest BCUT2D eigenvalue weighted by molar-refractivity contribution is 0.0683. The van der Waals surface area contributed by atoms with Crippen molar-refractivity contribution in [2.24, 2.45) is 0 Å². The highest BCUT2D eigenvalue weighted by Gasteiger charge is 2.38. The van der Waals surface area contributed by atoms with Gasteiger partial charge in [0.05, 0.1) is 12.2 Å². The van der Waals surface area contributed by atoms with Gasteiger partial charge in [0.25, 0.3) is 0 Å². The molecule has 6 heteroatoms. The fourth-order valence-corrected chi connectivity index (χ4v) is 4.14. The largest absolute Gasteiger partial charge is 0.356 e. The van der Waals surface area contributed by atoms with E-state index in [0.29, 0.717) is 6.61 Å². The summed E-state index contributed by atoms with van der Waals surface area (Å²) in [6.07, 6.45) is -0.655. The SMILES string of the molecule is N#Cc1ccccc1S(=O)(=O)N1CCOC1c1ccccc1. The summed E-state index contributed by atoms with van der Waals surface area (Å²) < 4.78 is 32.7. The first-order valence-corrected chi connectivity index (χ1v) is 8.26. The predicted octanol–water partition coefficient (Wildman–Crippen LogP) is 2.28. The van der Waals surface area contributed by atoms with Crippen LogP contribution in [0.2, 0.25) is 0 Å². The molecule has 2 aromatic rings. The van der Waals surface area contributed by atoms with Gasteiger partial charge < -0.3 is 4.74 Å². The van der Waals surface area contributed by atoms with E-state index in [4.69, 9.17) is 10.00 Å². The fourth-order valence-electron chi connectivity index (χ4n) is 2.49. The summed E-state index contributed by atoms with van der Waals surface area (Å²) in [4.78, 5) is 0.0175. The Morgan fingerprint density at radius 1 is 1.09 bits per heavy atom. The second kappa shape index (κ2) is 5.89. The van der Waals surface area contributed by atoms with Gasteiger partial charge in [0.1, 0.15) is 17.2 Å². The molecular weight excluding hydrogens is 300 g/mol. The highest BCUT2D eigenvalue weighted by Crippen LogP contribution is 2.33. The van der Waals surface area contributed by atoms with Crippen molar-refractivity contribution in [3.05, 3.63) is 65.7 Å². The quantitative estimate of drug-likeness (QED) is 0.871. The molecule has 1 saturated heterocycles. The van der Waals surface area contributed by atoms with Gasteiger partial charge in [-0.15, -0.1) is 0 Å². The number of rotatable bonds is 3. The predicted molar refractivity (Wildman–Crippen MR) is 80.2 cm³/mol. The number of hydrogen-bond donors (Lipinski definition) is 0. The van der Waals surface area contributed by atoms with Crippen molar-refractivity contribution in [2.75, 3.05) is 13.2 Å². The molecule has 1 fully saturated rings. The van der Waals surface area contributed by atoms with Crippen LogP contribution in [0, 0.1) is 11.3 Å². The lowest BCUT2D eigenvalue weighted by Gasteiger charge is -2.23. The number of sulfonamides is 1. The summed E-state index contributed by atoms with van der Waals surface area (Å²) in [5.74, 6) is 0. The van der Waals surface area contributed by atoms with Crippen molar-refractivity contribution in [3.8, 4) is 6.07 Å². The van der Waals surface area contributed by atoms with Crippen molar-refractivity contribution in [1.82, 2.24) is 4.31 Å². The Balaban J connectivity index is 2.04. The molecule has 22 heavy (non-hydrogen) atoms. The number of nitriles is 1. The second-order valence-electron chi connectivity index (χ2n) is 4.86. The minimum atomic E-state index is -3.79. The summed E-state index contributed by atoms with van der Waals surface area (Å²) in [6.45, 7) is 0.592. The van der Waals surface area contributed by atoms with E-state index in [9.17, 15) is 8.42 Å². The van der Waals surface area contributed by atoms with Crippen LogP contribution in [0.3, 0.4) is 0 Å². The Morgan fingerprint density at radius 3 is 2.50 bits per heavy atom. The molecule has 0 N–H and O–H groups in total. The highest BCUT2D eigenvalue weighted by atomic mass is 32.2. The summed E-state index contributed by atoms with van der Waals surface area (Å²) in [5.41, 5.74) is 0.916. The molecule has 3 rings (SSSR count). The van der Waals surface area contributed by atoms with Crippen LogP contribution in [0.25, 0.3) is 0 Å². The Labute approximate surface area is 129 Å². The van der Waals surface area contributed by atoms with Crippen molar-refractivity contribution in [3.63, 3.8) is 0 Å². The number of nitrogens with zero attached hydrogens (tertiary/aromatic N) is 2. The van der Waals surface area contributed by atoms with Crippen molar-refractivity contribution in [2.45, 2.75) is 11.1 Å². The lowest BCUT2D eigenvalue weighted by Crippen LogP contribution is -2.31. The Kier molecular flexibility index (Phi) is 3.94. The Hall–Kier alpha value is -2.20. The third kappa shape index (κ3) is 2.50. The second-order valence-corrected chi connectivity index (χ2v) is 6.72. The third-order valence-electron chi connectivity index (χ3n) is 3.53. The van der Waals surface area contributed by atoms with Crippen LogP contribution >= 0.6 is 0 Å². The molecular formula is C16H14N2O3S. The van der Waals surface area contributed by atoms with Gasteiger partial charge in [-0.1, -0.05) is 42.5 Å². The zero-order valence-corrected chi connectivity index (χ0v) is 12.5. The molecule has 0 aromatic heterocycles. The standard InChI is InChI=1S/C16H14N2O3S/c17-12-14-8-4-5-9-15(14)22(19,20)18-10-11-21-16(18)13-6-2-1-3-7-13/h1-9,16H,10-11H2. The van der Waals surface area contributed by atoms with E-state index in [1.165, 1.54) is 16.4 Å². The maximum absolute atomic E-state index is 12.9. The molecule has 0 spiro atoms. The van der Waals surface area contributed by atoms with Crippen LogP contribution in [0.15, 0.2) is 59.5 Å². The molecule has 0 bridgehead atoms. The van der Waals surface area contributed by atoms with Gasteiger partial charge in [0.15, 0.2) is 0 Å². The van der Waals surface area contributed by atoms with Crippen molar-refractivity contribution < 1.29 is 13.2 Å². The first-order valence-electron chi connectivity index (χ1n) is 6.82. The zero-order chi connectivity index (χ0) is 15.6. The van der Waals surface area contributed by atoms with Crippen LogP contribution in [0.5, 0.6) is 0 Å². The number of hydrogen-bond acceptors (Lipinski definition) is 4. The van der Waals surface area contributed by atoms with Crippen molar-refractivity contribution in [1.29, 1.82) is 5.26 Å². The highest BCUT2D eigenvalue weighted by molar-refractivity contribution is 7.89. The molecule has 1 atom stereocenters. The smallest absolute Gasteiger partial charge is 0.246 e. The van der Waals surface area contributed by atoms with Crippen molar-refractivity contribution >= 4 is 10.0 Å². The average molecular weight is 314 g/mol. The van der Waals surface area contributed by atoms with E-state index in [-0.39, 0.29) is 17.0 Å². The summed E-state index contributed by atoms with van der Waals surface area (Å²) in [6, 6.07) is 17.3. The monoisotopic (exact) mass is 314 g/mol. The van der Waals surface area contributed by atoms with E-state index in [0.717, 1.165) is 5.56 Å². The first-order chi connectivity index (χ1) is 10.6. The molecule has 1 heterocycles. The normalized spacial score (nSPS) is 19.0. The summed E-state index contributed by atoms with van der Waals surface area (Å²) in [5, 5.41) is 9.14. The molecule has 2 aromatic carbocycles. The molecule has 0 saturated carbocycles. The zero-order valence-electron chi connectivity index (χ0n) is 11.7. The molecule has 0 radical (unpaired) electrons. The van der Waals surface area contributed by atoms with Crippen LogP contribution in [-0.2, 0) is 14.8 Å². The third-order valence-corrected chi connectivity index (χ3v) is 5.43. The number of ether oxygens (including phenoxy) is 1. The van der Waals surface area contributed by atoms with Crippen LogP contribution in [0.1, 0.15) is 17.4 Å². The molecule has 112 valence electrons. The maximum atomic E-state index is 12.9. The van der Waals surface area contributed by atoms with E-state index in [1.807, 2.05) is 36.4 Å². The van der Waals surface area contributed by atoms with E-state index in [2.05, 4.69) is 0 Å². The molecule has 0 aliphatic carbocycles. The van der Waals surface area contributed by atoms with Gasteiger partial charge in [0, 0.05) is 6.54 Å². The Bertz CT molecular complexity index is 813. The maximum Gasteiger partial charge on any atom is 0.246 e. The van der Waals surface area contributed by atoms with E-state index < -0.39 is 16.3 Å². The van der Waals surface area contributed by atoms with Gasteiger partial charge >= 0.3 is 0 Å². The van der Waals surface area contributed by atoms with Gasteiger partial charge in [-0.2, -0.15) is 9.57 Å². The minimum Gasteiger partial charge on any atom is -0.356 e. The molecule has 5 nitrogen and oxygen atoms in total. The average Bonchev–Trinajstić information content (AvgIpc) is 3.06. The lowest BCUT2D eigenvalue weighted by atomic mass is 10.2. The molecule has 0 amide bonds. The fraction of sp³-hybridized carbons (Fsp3) is 0.188. The van der Waals surface area contributed by atoms with Crippen LogP contribution < -0.4 is 0 Å². The van der Waals surface area contributed by atoms with Gasteiger partial charge in [-0.3, -0.25) is 0 Å². The molecule has 1 unspecified atom stereocenters. The summed E-state index contributed by atoms with van der Waals surface area (Å²) >= 11 is 0. The minimum absolute atomic E-state index is 0.0175. The topological polar surface area (TPSA) is 70.4 Å². The van der Waals surface area contributed by atoms with Crippen LogP contribution in [-0.4, -0.2) is 25.9 Å². The first kappa shape index (κ1) is 14.7. The molecule has 1 aliphatic heterocycles. The van der Waals surface area contributed by atoms with Gasteiger partial charge in [0.2, 0.25) is 10.0 Å². The molecule has 1 aliphatic rings. The van der Waals surface area contributed by atoms with E-state index in [1.54, 1.807) is 12.1 Å². The van der Waals surface area contributed by atoms with Crippen LogP contribution in [0.4, 0.5) is 0 Å². The Morgan fingerprint density at radius 2 is 1.77 bits per heavy atom. The van der Waals surface area contributed by atoms with E-state index >= 15 is 0 Å².